The van der Waals surface area contributed by atoms with Gasteiger partial charge >= 0.3 is 0 Å². The third-order valence-electron chi connectivity index (χ3n) is 3.42. The molecule has 2 unspecified atom stereocenters. The van der Waals surface area contributed by atoms with Gasteiger partial charge in [0.1, 0.15) is 0 Å². The van der Waals surface area contributed by atoms with Crippen LogP contribution in [0.2, 0.25) is 0 Å². The molecular formula is C13H19FN2O2. The zero-order chi connectivity index (χ0) is 13.1. The first-order chi connectivity index (χ1) is 8.60. The lowest BCUT2D eigenvalue weighted by Crippen LogP contribution is -2.13. The highest BCUT2D eigenvalue weighted by Crippen LogP contribution is 2.30. The van der Waals surface area contributed by atoms with Crippen molar-refractivity contribution in [3.63, 3.8) is 0 Å². The topological polar surface area (TPSA) is 67.5 Å². The van der Waals surface area contributed by atoms with Crippen LogP contribution in [0.5, 0.6) is 5.75 Å². The van der Waals surface area contributed by atoms with Crippen molar-refractivity contribution in [3.05, 3.63) is 17.9 Å². The molecule has 1 fully saturated rings. The van der Waals surface area contributed by atoms with Crippen LogP contribution in [0.15, 0.2) is 12.1 Å². The van der Waals surface area contributed by atoms with E-state index in [2.05, 4.69) is 5.32 Å². The molecule has 2 rings (SSSR count). The van der Waals surface area contributed by atoms with Crippen molar-refractivity contribution in [2.75, 3.05) is 24.7 Å². The fourth-order valence-corrected chi connectivity index (χ4v) is 2.37. The van der Waals surface area contributed by atoms with Crippen LogP contribution in [-0.4, -0.2) is 24.9 Å². The number of nitrogen functional groups attached to an aromatic ring is 1. The summed E-state index contributed by atoms with van der Waals surface area (Å²) in [7, 11) is 1.42. The van der Waals surface area contributed by atoms with Gasteiger partial charge in [0.2, 0.25) is 0 Å². The molecule has 1 aliphatic carbocycles. The Bertz CT molecular complexity index is 426. The minimum Gasteiger partial charge on any atom is -0.494 e. The van der Waals surface area contributed by atoms with Crippen molar-refractivity contribution < 1.29 is 14.2 Å². The normalized spacial score (nSPS) is 23.1. The Kier molecular flexibility index (Phi) is 3.91. The van der Waals surface area contributed by atoms with E-state index in [9.17, 15) is 9.50 Å². The van der Waals surface area contributed by atoms with Gasteiger partial charge < -0.3 is 20.9 Å². The molecule has 0 radical (unpaired) electrons. The van der Waals surface area contributed by atoms with Gasteiger partial charge in [0, 0.05) is 18.7 Å². The van der Waals surface area contributed by atoms with Gasteiger partial charge in [-0.3, -0.25) is 0 Å². The number of rotatable bonds is 4. The van der Waals surface area contributed by atoms with E-state index in [0.29, 0.717) is 17.3 Å². The maximum Gasteiger partial charge on any atom is 0.167 e. The van der Waals surface area contributed by atoms with Crippen LogP contribution >= 0.6 is 0 Å². The number of methoxy groups -OCH3 is 1. The van der Waals surface area contributed by atoms with Crippen LogP contribution in [0.25, 0.3) is 0 Å². The number of hydrogen-bond donors (Lipinski definition) is 3. The zero-order valence-electron chi connectivity index (χ0n) is 10.4. The van der Waals surface area contributed by atoms with Gasteiger partial charge in [-0.05, 0) is 25.2 Å². The van der Waals surface area contributed by atoms with Crippen LogP contribution in [0.4, 0.5) is 15.8 Å². The van der Waals surface area contributed by atoms with E-state index in [4.69, 9.17) is 10.5 Å². The highest BCUT2D eigenvalue weighted by molar-refractivity contribution is 5.68. The van der Waals surface area contributed by atoms with Gasteiger partial charge in [0.15, 0.2) is 11.6 Å². The van der Waals surface area contributed by atoms with E-state index in [-0.39, 0.29) is 11.9 Å². The number of hydrogen-bond acceptors (Lipinski definition) is 4. The number of nitrogens with one attached hydrogen (secondary N) is 1. The highest BCUT2D eigenvalue weighted by atomic mass is 19.1. The first-order valence-corrected chi connectivity index (χ1v) is 6.15. The predicted molar refractivity (Wildman–Crippen MR) is 69.2 cm³/mol. The summed E-state index contributed by atoms with van der Waals surface area (Å²) in [5, 5.41) is 12.6. The minimum absolute atomic E-state index is 0.179. The molecule has 0 heterocycles. The van der Waals surface area contributed by atoms with E-state index >= 15 is 0 Å². The molecule has 0 aromatic heterocycles. The molecule has 4 nitrogen and oxygen atoms in total. The standard InChI is InChI=1S/C13H19FN2O2/c1-18-13-6-12(11(15)5-10(13)14)16-7-8-2-3-9(17)4-8/h5-6,8-9,16-17H,2-4,7,15H2,1H3. The summed E-state index contributed by atoms with van der Waals surface area (Å²) in [5.74, 6) is 0.158. The van der Waals surface area contributed by atoms with E-state index < -0.39 is 5.82 Å². The summed E-state index contributed by atoms with van der Waals surface area (Å²) < 4.78 is 18.3. The number of benzene rings is 1. The van der Waals surface area contributed by atoms with Crippen molar-refractivity contribution in [2.24, 2.45) is 5.92 Å². The SMILES string of the molecule is COc1cc(NCC2CCC(O)C2)c(N)cc1F. The van der Waals surface area contributed by atoms with E-state index in [1.807, 2.05) is 0 Å². The van der Waals surface area contributed by atoms with E-state index in [1.54, 1.807) is 6.07 Å². The zero-order valence-corrected chi connectivity index (χ0v) is 10.4. The lowest BCUT2D eigenvalue weighted by molar-refractivity contribution is 0.178. The van der Waals surface area contributed by atoms with Gasteiger partial charge in [-0.15, -0.1) is 0 Å². The Morgan fingerprint density at radius 1 is 1.50 bits per heavy atom. The molecule has 100 valence electrons. The molecule has 0 amide bonds. The second-order valence-electron chi connectivity index (χ2n) is 4.79. The maximum absolute atomic E-state index is 13.4. The first kappa shape index (κ1) is 13.0. The number of ether oxygens (including phenoxy) is 1. The maximum atomic E-state index is 13.4. The summed E-state index contributed by atoms with van der Waals surface area (Å²) in [6.07, 6.45) is 2.49. The first-order valence-electron chi connectivity index (χ1n) is 6.15. The lowest BCUT2D eigenvalue weighted by Gasteiger charge is -2.15. The average molecular weight is 254 g/mol. The Balaban J connectivity index is 2.00. The second-order valence-corrected chi connectivity index (χ2v) is 4.79. The van der Waals surface area contributed by atoms with Crippen LogP contribution < -0.4 is 15.8 Å². The smallest absolute Gasteiger partial charge is 0.167 e. The van der Waals surface area contributed by atoms with Gasteiger partial charge in [-0.25, -0.2) is 4.39 Å². The van der Waals surface area contributed by atoms with Crippen LogP contribution in [0, 0.1) is 11.7 Å². The summed E-state index contributed by atoms with van der Waals surface area (Å²) in [6.45, 7) is 0.732. The number of halogens is 1. The van der Waals surface area contributed by atoms with Crippen molar-refractivity contribution in [2.45, 2.75) is 25.4 Å². The molecule has 1 aromatic rings. The van der Waals surface area contributed by atoms with Crippen molar-refractivity contribution in [1.29, 1.82) is 0 Å². The van der Waals surface area contributed by atoms with Gasteiger partial charge in [0.05, 0.1) is 24.6 Å². The van der Waals surface area contributed by atoms with Crippen molar-refractivity contribution in [1.82, 2.24) is 0 Å². The van der Waals surface area contributed by atoms with Crippen LogP contribution in [0.1, 0.15) is 19.3 Å². The Morgan fingerprint density at radius 2 is 2.28 bits per heavy atom. The fraction of sp³-hybridized carbons (Fsp3) is 0.538. The third-order valence-corrected chi connectivity index (χ3v) is 3.42. The average Bonchev–Trinajstić information content (AvgIpc) is 2.74. The fourth-order valence-electron chi connectivity index (χ4n) is 2.37. The molecule has 5 heteroatoms. The Morgan fingerprint density at radius 3 is 2.89 bits per heavy atom. The molecular weight excluding hydrogens is 235 g/mol. The molecule has 1 aliphatic rings. The summed E-state index contributed by atoms with van der Waals surface area (Å²) in [5.41, 5.74) is 6.79. The molecule has 2 atom stereocenters. The largest absolute Gasteiger partial charge is 0.494 e. The molecule has 0 saturated heterocycles. The summed E-state index contributed by atoms with van der Waals surface area (Å²) in [6, 6.07) is 2.82. The molecule has 18 heavy (non-hydrogen) atoms. The molecule has 0 bridgehead atoms. The lowest BCUT2D eigenvalue weighted by atomic mass is 10.1. The Hall–Kier alpha value is -1.49. The molecule has 0 aliphatic heterocycles. The minimum atomic E-state index is -0.461. The Labute approximate surface area is 106 Å². The predicted octanol–water partition coefficient (Wildman–Crippen LogP) is 1.99. The van der Waals surface area contributed by atoms with Gasteiger partial charge in [-0.2, -0.15) is 0 Å². The molecule has 0 spiro atoms. The molecule has 4 N–H and O–H groups in total. The number of aliphatic hydroxyl groups excluding tert-OH is 1. The second kappa shape index (κ2) is 5.44. The van der Waals surface area contributed by atoms with Crippen LogP contribution in [0.3, 0.4) is 0 Å². The number of aliphatic hydroxyl groups is 1. The highest BCUT2D eigenvalue weighted by Gasteiger charge is 2.22. The van der Waals surface area contributed by atoms with Gasteiger partial charge in [-0.1, -0.05) is 0 Å². The number of anilines is 2. The van der Waals surface area contributed by atoms with E-state index in [0.717, 1.165) is 25.8 Å². The molecule has 1 aromatic carbocycles. The van der Waals surface area contributed by atoms with Crippen LogP contribution in [-0.2, 0) is 0 Å². The quantitative estimate of drug-likeness (QED) is 0.719. The molecule has 1 saturated carbocycles. The van der Waals surface area contributed by atoms with Crippen molar-refractivity contribution in [3.8, 4) is 5.75 Å². The monoisotopic (exact) mass is 254 g/mol. The third kappa shape index (κ3) is 2.85. The number of nitrogens with two attached hydrogens (primary N) is 1. The summed E-state index contributed by atoms with van der Waals surface area (Å²) in [4.78, 5) is 0. The van der Waals surface area contributed by atoms with E-state index in [1.165, 1.54) is 13.2 Å². The van der Waals surface area contributed by atoms with Gasteiger partial charge in [0.25, 0.3) is 0 Å². The summed E-state index contributed by atoms with van der Waals surface area (Å²) >= 11 is 0. The van der Waals surface area contributed by atoms with Crippen molar-refractivity contribution >= 4 is 11.4 Å².